The zero-order valence-electron chi connectivity index (χ0n) is 10.5. The van der Waals surface area contributed by atoms with Gasteiger partial charge in [-0.15, -0.1) is 11.3 Å². The third-order valence-electron chi connectivity index (χ3n) is 4.18. The Bertz CT molecular complexity index is 445. The van der Waals surface area contributed by atoms with Crippen molar-refractivity contribution in [2.24, 2.45) is 5.73 Å². The molecular formula is C13H19N3OS. The van der Waals surface area contributed by atoms with Gasteiger partial charge in [0, 0.05) is 30.4 Å². The van der Waals surface area contributed by atoms with E-state index in [0.29, 0.717) is 24.7 Å². The number of hydrogen-bond donors (Lipinski definition) is 1. The molecule has 2 unspecified atom stereocenters. The molecule has 0 amide bonds. The maximum absolute atomic E-state index is 5.88. The van der Waals surface area contributed by atoms with Crippen LogP contribution in [0.2, 0.25) is 0 Å². The van der Waals surface area contributed by atoms with Crippen LogP contribution >= 0.6 is 11.3 Å². The minimum atomic E-state index is 0.429. The molecule has 2 bridgehead atoms. The van der Waals surface area contributed by atoms with Crippen LogP contribution in [-0.4, -0.2) is 30.3 Å². The lowest BCUT2D eigenvalue weighted by atomic mass is 10.2. The molecule has 2 N–H and O–H groups in total. The minimum absolute atomic E-state index is 0.429. The van der Waals surface area contributed by atoms with Crippen LogP contribution in [0, 0.1) is 0 Å². The fourth-order valence-corrected chi connectivity index (χ4v) is 4.12. The van der Waals surface area contributed by atoms with Gasteiger partial charge in [0.1, 0.15) is 0 Å². The average Bonchev–Trinajstić information content (AvgIpc) is 3.06. The van der Waals surface area contributed by atoms with E-state index in [2.05, 4.69) is 4.90 Å². The zero-order chi connectivity index (χ0) is 12.1. The Hall–Kier alpha value is -0.650. The number of nitrogens with two attached hydrogens (primary N) is 1. The lowest BCUT2D eigenvalue weighted by Crippen LogP contribution is -2.42. The van der Waals surface area contributed by atoms with Crippen LogP contribution in [0.4, 0.5) is 5.13 Å². The number of aromatic nitrogens is 1. The molecule has 1 saturated carbocycles. The van der Waals surface area contributed by atoms with Gasteiger partial charge in [0.05, 0.1) is 17.9 Å². The second kappa shape index (κ2) is 4.18. The van der Waals surface area contributed by atoms with Crippen molar-refractivity contribution in [2.75, 3.05) is 18.0 Å². The van der Waals surface area contributed by atoms with E-state index in [1.807, 2.05) is 0 Å². The van der Waals surface area contributed by atoms with Crippen molar-refractivity contribution < 1.29 is 4.74 Å². The van der Waals surface area contributed by atoms with E-state index < -0.39 is 0 Å². The van der Waals surface area contributed by atoms with Crippen LogP contribution in [0.3, 0.4) is 0 Å². The predicted molar refractivity (Wildman–Crippen MR) is 72.1 cm³/mol. The molecule has 1 aromatic rings. The van der Waals surface area contributed by atoms with E-state index in [-0.39, 0.29) is 0 Å². The molecule has 4 rings (SSSR count). The summed E-state index contributed by atoms with van der Waals surface area (Å²) in [6.07, 6.45) is 5.88. The summed E-state index contributed by atoms with van der Waals surface area (Å²) >= 11 is 1.80. The molecule has 1 aliphatic carbocycles. The van der Waals surface area contributed by atoms with Gasteiger partial charge in [0.25, 0.3) is 0 Å². The van der Waals surface area contributed by atoms with E-state index in [1.54, 1.807) is 11.3 Å². The Morgan fingerprint density at radius 3 is 2.56 bits per heavy atom. The van der Waals surface area contributed by atoms with Crippen molar-refractivity contribution in [1.82, 2.24) is 4.98 Å². The highest BCUT2D eigenvalue weighted by molar-refractivity contribution is 7.15. The van der Waals surface area contributed by atoms with Crippen LogP contribution in [0.25, 0.3) is 0 Å². The topological polar surface area (TPSA) is 51.4 Å². The quantitative estimate of drug-likeness (QED) is 0.906. The van der Waals surface area contributed by atoms with E-state index in [4.69, 9.17) is 15.5 Å². The smallest absolute Gasteiger partial charge is 0.186 e. The molecule has 0 radical (unpaired) electrons. The molecule has 1 aromatic heterocycles. The summed E-state index contributed by atoms with van der Waals surface area (Å²) < 4.78 is 5.88. The summed E-state index contributed by atoms with van der Waals surface area (Å²) in [4.78, 5) is 8.59. The molecule has 0 aromatic carbocycles. The molecule has 0 spiro atoms. The van der Waals surface area contributed by atoms with E-state index in [0.717, 1.165) is 13.1 Å². The third-order valence-corrected chi connectivity index (χ3v) is 5.33. The second-order valence-electron chi connectivity index (χ2n) is 5.65. The summed E-state index contributed by atoms with van der Waals surface area (Å²) in [6.45, 7) is 2.66. The molecule has 2 atom stereocenters. The Morgan fingerprint density at radius 2 is 1.94 bits per heavy atom. The number of thiazole rings is 1. The van der Waals surface area contributed by atoms with E-state index in [1.165, 1.54) is 41.4 Å². The summed E-state index contributed by atoms with van der Waals surface area (Å²) in [5.74, 6) is 0.700. The first-order valence-corrected chi connectivity index (χ1v) is 7.75. The number of morpholine rings is 1. The first-order chi connectivity index (χ1) is 8.83. The van der Waals surface area contributed by atoms with Gasteiger partial charge < -0.3 is 15.4 Å². The highest BCUT2D eigenvalue weighted by Crippen LogP contribution is 2.44. The number of rotatable bonds is 3. The number of nitrogens with zero attached hydrogens (tertiary/aromatic N) is 2. The number of hydrogen-bond acceptors (Lipinski definition) is 5. The van der Waals surface area contributed by atoms with Gasteiger partial charge >= 0.3 is 0 Å². The summed E-state index contributed by atoms with van der Waals surface area (Å²) in [6, 6.07) is 0. The van der Waals surface area contributed by atoms with Crippen LogP contribution < -0.4 is 10.6 Å². The van der Waals surface area contributed by atoms with Crippen LogP contribution in [0.5, 0.6) is 0 Å². The highest BCUT2D eigenvalue weighted by Gasteiger charge is 2.36. The molecule has 5 heteroatoms. The summed E-state index contributed by atoms with van der Waals surface area (Å²) in [5.41, 5.74) is 7.14. The van der Waals surface area contributed by atoms with Gasteiger partial charge in [-0.2, -0.15) is 0 Å². The SMILES string of the molecule is NCc1sc(N2CC3CCC(C2)O3)nc1C1CC1. The summed E-state index contributed by atoms with van der Waals surface area (Å²) in [5, 5.41) is 1.18. The molecule has 98 valence electrons. The molecule has 2 saturated heterocycles. The second-order valence-corrected chi connectivity index (χ2v) is 6.71. The number of ether oxygens (including phenoxy) is 1. The van der Waals surface area contributed by atoms with Crippen molar-refractivity contribution in [1.29, 1.82) is 0 Å². The predicted octanol–water partition coefficient (Wildman–Crippen LogP) is 1.85. The van der Waals surface area contributed by atoms with Gasteiger partial charge in [0.2, 0.25) is 0 Å². The zero-order valence-corrected chi connectivity index (χ0v) is 11.3. The first kappa shape index (κ1) is 11.2. The molecular weight excluding hydrogens is 246 g/mol. The van der Waals surface area contributed by atoms with Crippen molar-refractivity contribution >= 4 is 16.5 Å². The molecule has 3 aliphatic rings. The Morgan fingerprint density at radius 1 is 1.22 bits per heavy atom. The van der Waals surface area contributed by atoms with Crippen molar-refractivity contribution in [3.05, 3.63) is 10.6 Å². The average molecular weight is 265 g/mol. The maximum Gasteiger partial charge on any atom is 0.186 e. The van der Waals surface area contributed by atoms with E-state index in [9.17, 15) is 0 Å². The standard InChI is InChI=1S/C13H19N3OS/c14-5-11-12(8-1-2-8)15-13(18-11)16-6-9-3-4-10(7-16)17-9/h8-10H,1-7,14H2. The largest absolute Gasteiger partial charge is 0.371 e. The number of fused-ring (bicyclic) bond motifs is 2. The fourth-order valence-electron chi connectivity index (χ4n) is 3.08. The Labute approximate surface area is 111 Å². The van der Waals surface area contributed by atoms with Crippen molar-refractivity contribution in [3.8, 4) is 0 Å². The summed E-state index contributed by atoms with van der Waals surface area (Å²) in [7, 11) is 0. The van der Waals surface area contributed by atoms with Gasteiger partial charge in [0.15, 0.2) is 5.13 Å². The molecule has 2 aliphatic heterocycles. The Balaban J connectivity index is 1.60. The minimum Gasteiger partial charge on any atom is -0.371 e. The molecule has 3 fully saturated rings. The monoisotopic (exact) mass is 265 g/mol. The Kier molecular flexibility index (Phi) is 2.60. The molecule has 4 nitrogen and oxygen atoms in total. The lowest BCUT2D eigenvalue weighted by Gasteiger charge is -2.31. The van der Waals surface area contributed by atoms with Crippen LogP contribution in [0.15, 0.2) is 0 Å². The van der Waals surface area contributed by atoms with Crippen molar-refractivity contribution in [3.63, 3.8) is 0 Å². The van der Waals surface area contributed by atoms with Crippen LogP contribution in [-0.2, 0) is 11.3 Å². The fraction of sp³-hybridized carbons (Fsp3) is 0.769. The van der Waals surface area contributed by atoms with Crippen LogP contribution in [0.1, 0.15) is 42.2 Å². The highest BCUT2D eigenvalue weighted by atomic mass is 32.1. The lowest BCUT2D eigenvalue weighted by molar-refractivity contribution is 0.0305. The van der Waals surface area contributed by atoms with E-state index >= 15 is 0 Å². The number of anilines is 1. The van der Waals surface area contributed by atoms with Crippen molar-refractivity contribution in [2.45, 2.75) is 50.4 Å². The van der Waals surface area contributed by atoms with Gasteiger partial charge in [-0.05, 0) is 25.7 Å². The molecule has 3 heterocycles. The van der Waals surface area contributed by atoms with Gasteiger partial charge in [-0.3, -0.25) is 0 Å². The van der Waals surface area contributed by atoms with Gasteiger partial charge in [-0.25, -0.2) is 4.98 Å². The normalized spacial score (nSPS) is 31.1. The third kappa shape index (κ3) is 1.85. The van der Waals surface area contributed by atoms with Gasteiger partial charge in [-0.1, -0.05) is 0 Å². The first-order valence-electron chi connectivity index (χ1n) is 6.93. The maximum atomic E-state index is 5.88. The molecule has 18 heavy (non-hydrogen) atoms.